The van der Waals surface area contributed by atoms with Crippen molar-refractivity contribution < 1.29 is 19.1 Å². The highest BCUT2D eigenvalue weighted by molar-refractivity contribution is 9.10. The summed E-state index contributed by atoms with van der Waals surface area (Å²) in [6.07, 6.45) is 4.37. The molecule has 0 spiro atoms. The summed E-state index contributed by atoms with van der Waals surface area (Å²) in [4.78, 5) is 37.9. The Hall–Kier alpha value is -4.82. The number of aryl methyl sites for hydroxylation is 1. The van der Waals surface area contributed by atoms with Crippen LogP contribution in [-0.2, 0) is 4.79 Å². The number of para-hydroxylation sites is 1. The van der Waals surface area contributed by atoms with Crippen LogP contribution in [0.15, 0.2) is 113 Å². The van der Waals surface area contributed by atoms with Gasteiger partial charge in [-0.1, -0.05) is 76.1 Å². The Bertz CT molecular complexity index is 1550. The van der Waals surface area contributed by atoms with Gasteiger partial charge in [-0.25, -0.2) is 10.2 Å². The molecule has 7 nitrogen and oxygen atoms in total. The van der Waals surface area contributed by atoms with Gasteiger partial charge < -0.3 is 10.1 Å². The molecule has 0 aromatic heterocycles. The standard InChI is InChI=1S/C31H24BrN3O4/c1-21-11-14-23(15-12-21)30(37)34-27-10-6-5-9-26(27)31(38)35-33-20-24-19-25(32)16-17-28(24)39-29(36)18-13-22-7-3-2-4-8-22/h2-20H,1H3,(H,34,37)(H,35,38)/b18-13+,33-20-. The summed E-state index contributed by atoms with van der Waals surface area (Å²) < 4.78 is 6.21. The molecule has 194 valence electrons. The average Bonchev–Trinajstić information content (AvgIpc) is 2.94. The zero-order valence-corrected chi connectivity index (χ0v) is 22.5. The number of nitrogens with one attached hydrogen (secondary N) is 2. The molecule has 2 N–H and O–H groups in total. The third-order valence-corrected chi connectivity index (χ3v) is 5.99. The molecular formula is C31H24BrN3O4. The van der Waals surface area contributed by atoms with Gasteiger partial charge >= 0.3 is 5.97 Å². The number of amides is 2. The monoisotopic (exact) mass is 581 g/mol. The lowest BCUT2D eigenvalue weighted by Crippen LogP contribution is -2.21. The molecule has 0 aliphatic rings. The van der Waals surface area contributed by atoms with Crippen LogP contribution in [0.2, 0.25) is 0 Å². The SMILES string of the molecule is Cc1ccc(C(=O)Nc2ccccc2C(=O)N/N=C\c2cc(Br)ccc2OC(=O)/C=C/c2ccccc2)cc1. The predicted octanol–water partition coefficient (Wildman–Crippen LogP) is 6.39. The summed E-state index contributed by atoms with van der Waals surface area (Å²) in [5.74, 6) is -1.14. The fourth-order valence-electron chi connectivity index (χ4n) is 3.49. The van der Waals surface area contributed by atoms with Gasteiger partial charge in [-0.3, -0.25) is 9.59 Å². The van der Waals surface area contributed by atoms with Crippen molar-refractivity contribution in [3.05, 3.63) is 135 Å². The maximum atomic E-state index is 12.9. The van der Waals surface area contributed by atoms with Crippen LogP contribution in [0.3, 0.4) is 0 Å². The topological polar surface area (TPSA) is 96.9 Å². The number of anilines is 1. The van der Waals surface area contributed by atoms with E-state index >= 15 is 0 Å². The molecule has 0 unspecified atom stereocenters. The first kappa shape index (κ1) is 27.2. The molecule has 0 aliphatic carbocycles. The number of carbonyl (C=O) groups excluding carboxylic acids is 3. The number of rotatable bonds is 8. The van der Waals surface area contributed by atoms with E-state index in [9.17, 15) is 14.4 Å². The van der Waals surface area contributed by atoms with Gasteiger partial charge in [0.15, 0.2) is 0 Å². The number of hydrogen-bond donors (Lipinski definition) is 2. The van der Waals surface area contributed by atoms with Crippen molar-refractivity contribution in [3.63, 3.8) is 0 Å². The highest BCUT2D eigenvalue weighted by Crippen LogP contribution is 2.22. The van der Waals surface area contributed by atoms with Crippen LogP contribution >= 0.6 is 15.9 Å². The molecule has 39 heavy (non-hydrogen) atoms. The normalized spacial score (nSPS) is 10.9. The number of carbonyl (C=O) groups is 3. The minimum atomic E-state index is -0.557. The van der Waals surface area contributed by atoms with Crippen LogP contribution in [0.25, 0.3) is 6.08 Å². The second-order valence-corrected chi connectivity index (χ2v) is 9.33. The Morgan fingerprint density at radius 1 is 0.846 bits per heavy atom. The molecule has 0 aliphatic heterocycles. The number of ether oxygens (including phenoxy) is 1. The number of nitrogens with zero attached hydrogens (tertiary/aromatic N) is 1. The summed E-state index contributed by atoms with van der Waals surface area (Å²) in [5.41, 5.74) is 5.89. The van der Waals surface area contributed by atoms with Crippen LogP contribution < -0.4 is 15.5 Å². The Morgan fingerprint density at radius 2 is 1.56 bits per heavy atom. The third kappa shape index (κ3) is 7.83. The van der Waals surface area contributed by atoms with E-state index in [1.807, 2.05) is 49.4 Å². The van der Waals surface area contributed by atoms with Crippen LogP contribution in [0.1, 0.15) is 37.4 Å². The van der Waals surface area contributed by atoms with Gasteiger partial charge in [0.25, 0.3) is 11.8 Å². The van der Waals surface area contributed by atoms with Crippen molar-refractivity contribution in [1.82, 2.24) is 5.43 Å². The number of hydrogen-bond acceptors (Lipinski definition) is 5. The fourth-order valence-corrected chi connectivity index (χ4v) is 3.87. The maximum Gasteiger partial charge on any atom is 0.336 e. The summed E-state index contributed by atoms with van der Waals surface area (Å²) in [5, 5.41) is 6.82. The number of halogens is 1. The van der Waals surface area contributed by atoms with Crippen LogP contribution in [0.5, 0.6) is 5.75 Å². The van der Waals surface area contributed by atoms with E-state index in [4.69, 9.17) is 4.74 Å². The van der Waals surface area contributed by atoms with Gasteiger partial charge in [0.1, 0.15) is 5.75 Å². The summed E-state index contributed by atoms with van der Waals surface area (Å²) in [7, 11) is 0. The molecule has 0 saturated carbocycles. The second kappa shape index (κ2) is 13.1. The summed E-state index contributed by atoms with van der Waals surface area (Å²) in [6.45, 7) is 1.94. The molecule has 0 saturated heterocycles. The zero-order valence-electron chi connectivity index (χ0n) is 20.9. The molecule has 0 heterocycles. The molecule has 0 fully saturated rings. The van der Waals surface area contributed by atoms with Crippen molar-refractivity contribution in [1.29, 1.82) is 0 Å². The van der Waals surface area contributed by atoms with Crippen molar-refractivity contribution in [2.24, 2.45) is 5.10 Å². The summed E-state index contributed by atoms with van der Waals surface area (Å²) in [6, 6.07) is 28.2. The number of hydrazone groups is 1. The molecule has 0 radical (unpaired) electrons. The van der Waals surface area contributed by atoms with E-state index in [2.05, 4.69) is 31.8 Å². The average molecular weight is 582 g/mol. The predicted molar refractivity (Wildman–Crippen MR) is 156 cm³/mol. The highest BCUT2D eigenvalue weighted by atomic mass is 79.9. The molecule has 8 heteroatoms. The zero-order chi connectivity index (χ0) is 27.6. The van der Waals surface area contributed by atoms with E-state index in [0.717, 1.165) is 15.6 Å². The first-order valence-corrected chi connectivity index (χ1v) is 12.7. The van der Waals surface area contributed by atoms with Crippen LogP contribution in [0.4, 0.5) is 5.69 Å². The lowest BCUT2D eigenvalue weighted by molar-refractivity contribution is -0.128. The van der Waals surface area contributed by atoms with E-state index in [1.54, 1.807) is 60.7 Å². The van der Waals surface area contributed by atoms with E-state index < -0.39 is 11.9 Å². The molecule has 0 atom stereocenters. The largest absolute Gasteiger partial charge is 0.423 e. The van der Waals surface area contributed by atoms with Gasteiger partial charge in [0.2, 0.25) is 0 Å². The molecule has 4 aromatic carbocycles. The quantitative estimate of drug-likeness (QED) is 0.0827. The Labute approximate surface area is 234 Å². The molecule has 2 amide bonds. The first-order valence-electron chi connectivity index (χ1n) is 11.9. The molecule has 4 rings (SSSR count). The van der Waals surface area contributed by atoms with E-state index in [-0.39, 0.29) is 17.2 Å². The van der Waals surface area contributed by atoms with Crippen LogP contribution in [-0.4, -0.2) is 24.0 Å². The van der Waals surface area contributed by atoms with Gasteiger partial charge in [-0.2, -0.15) is 5.10 Å². The van der Waals surface area contributed by atoms with Crippen molar-refractivity contribution >= 4 is 51.7 Å². The highest BCUT2D eigenvalue weighted by Gasteiger charge is 2.14. The van der Waals surface area contributed by atoms with Crippen molar-refractivity contribution in [2.45, 2.75) is 6.92 Å². The number of benzene rings is 4. The summed E-state index contributed by atoms with van der Waals surface area (Å²) >= 11 is 3.39. The second-order valence-electron chi connectivity index (χ2n) is 8.41. The van der Waals surface area contributed by atoms with Gasteiger partial charge in [0, 0.05) is 21.7 Å². The van der Waals surface area contributed by atoms with E-state index in [0.29, 0.717) is 16.8 Å². The minimum Gasteiger partial charge on any atom is -0.423 e. The van der Waals surface area contributed by atoms with E-state index in [1.165, 1.54) is 12.3 Å². The smallest absolute Gasteiger partial charge is 0.336 e. The lowest BCUT2D eigenvalue weighted by Gasteiger charge is -2.10. The Morgan fingerprint density at radius 3 is 2.33 bits per heavy atom. The Balaban J connectivity index is 1.44. The fraction of sp³-hybridized carbons (Fsp3) is 0.0323. The van der Waals surface area contributed by atoms with Gasteiger partial charge in [0.05, 0.1) is 17.5 Å². The maximum absolute atomic E-state index is 12.9. The lowest BCUT2D eigenvalue weighted by atomic mass is 10.1. The number of esters is 1. The minimum absolute atomic E-state index is 0.238. The Kier molecular flexibility index (Phi) is 9.16. The molecule has 0 bridgehead atoms. The van der Waals surface area contributed by atoms with Gasteiger partial charge in [-0.05, 0) is 61.0 Å². The molecular weight excluding hydrogens is 558 g/mol. The van der Waals surface area contributed by atoms with Gasteiger partial charge in [-0.15, -0.1) is 0 Å². The van der Waals surface area contributed by atoms with Crippen molar-refractivity contribution in [3.8, 4) is 5.75 Å². The van der Waals surface area contributed by atoms with Crippen LogP contribution in [0, 0.1) is 6.92 Å². The molecule has 4 aromatic rings. The third-order valence-electron chi connectivity index (χ3n) is 5.50. The van der Waals surface area contributed by atoms with Crippen molar-refractivity contribution in [2.75, 3.05) is 5.32 Å². The first-order chi connectivity index (χ1) is 18.9.